The number of carbonyl (C=O) groups is 4. The van der Waals surface area contributed by atoms with Crippen LogP contribution >= 0.6 is 0 Å². The molecule has 1 heterocycles. The van der Waals surface area contributed by atoms with E-state index in [1.807, 2.05) is 24.3 Å². The molecule has 5 amide bonds. The van der Waals surface area contributed by atoms with E-state index in [0.29, 0.717) is 10.6 Å². The molecule has 1 aliphatic heterocycles. The zero-order valence-corrected chi connectivity index (χ0v) is 16.1. The molecule has 0 saturated carbocycles. The van der Waals surface area contributed by atoms with Crippen molar-refractivity contribution in [2.45, 2.75) is 33.1 Å². The predicted octanol–water partition coefficient (Wildman–Crippen LogP) is 1.29. The average Bonchev–Trinajstić information content (AvgIpc) is 2.81. The van der Waals surface area contributed by atoms with Crippen LogP contribution in [0.2, 0.25) is 0 Å². The minimum absolute atomic E-state index is 0.0612. The number of nitrogens with one attached hydrogen (secondary N) is 1. The normalized spacial score (nSPS) is 14.7. The molecule has 0 bridgehead atoms. The SMILES string of the molecule is CCN1C(=O)C(=O)N(CC(=O)NCCOc2ccc(C(C)(C)C)cc2)C1=O. The van der Waals surface area contributed by atoms with E-state index in [4.69, 9.17) is 4.74 Å². The van der Waals surface area contributed by atoms with Crippen LogP contribution in [0.25, 0.3) is 0 Å². The van der Waals surface area contributed by atoms with Gasteiger partial charge in [0.05, 0.1) is 6.54 Å². The molecule has 8 nitrogen and oxygen atoms in total. The Morgan fingerprint density at radius 2 is 1.63 bits per heavy atom. The highest BCUT2D eigenvalue weighted by Gasteiger charge is 2.44. The van der Waals surface area contributed by atoms with E-state index in [9.17, 15) is 19.2 Å². The van der Waals surface area contributed by atoms with Gasteiger partial charge in [0.25, 0.3) is 0 Å². The highest BCUT2D eigenvalue weighted by molar-refractivity contribution is 6.45. The van der Waals surface area contributed by atoms with Crippen molar-refractivity contribution in [2.24, 2.45) is 0 Å². The Labute approximate surface area is 158 Å². The first-order valence-electron chi connectivity index (χ1n) is 8.82. The smallest absolute Gasteiger partial charge is 0.334 e. The lowest BCUT2D eigenvalue weighted by Crippen LogP contribution is -2.42. The standard InChI is InChI=1S/C19H25N3O5/c1-5-21-16(24)17(25)22(18(21)26)12-15(23)20-10-11-27-14-8-6-13(7-9-14)19(2,3)4/h6-9H,5,10-12H2,1-4H3,(H,20,23). The van der Waals surface area contributed by atoms with Crippen molar-refractivity contribution < 1.29 is 23.9 Å². The summed E-state index contributed by atoms with van der Waals surface area (Å²) in [5, 5.41) is 2.56. The summed E-state index contributed by atoms with van der Waals surface area (Å²) in [6, 6.07) is 6.96. The van der Waals surface area contributed by atoms with Crippen molar-refractivity contribution in [2.75, 3.05) is 26.2 Å². The second kappa shape index (κ2) is 8.20. The van der Waals surface area contributed by atoms with Gasteiger partial charge in [-0.3, -0.25) is 19.3 Å². The van der Waals surface area contributed by atoms with Crippen molar-refractivity contribution in [3.05, 3.63) is 29.8 Å². The van der Waals surface area contributed by atoms with Gasteiger partial charge in [0.2, 0.25) is 5.91 Å². The van der Waals surface area contributed by atoms with Crippen molar-refractivity contribution in [1.82, 2.24) is 15.1 Å². The first kappa shape index (κ1) is 20.4. The Morgan fingerprint density at radius 3 is 2.15 bits per heavy atom. The van der Waals surface area contributed by atoms with Gasteiger partial charge in [-0.2, -0.15) is 0 Å². The summed E-state index contributed by atoms with van der Waals surface area (Å²) in [5.41, 5.74) is 1.25. The van der Waals surface area contributed by atoms with Gasteiger partial charge < -0.3 is 10.1 Å². The molecular weight excluding hydrogens is 350 g/mol. The first-order chi connectivity index (χ1) is 12.6. The number of rotatable bonds is 7. The maximum absolute atomic E-state index is 11.9. The lowest BCUT2D eigenvalue weighted by molar-refractivity contribution is -0.143. The highest BCUT2D eigenvalue weighted by atomic mass is 16.5. The number of nitrogens with zero attached hydrogens (tertiary/aromatic N) is 2. The van der Waals surface area contributed by atoms with Gasteiger partial charge in [0.1, 0.15) is 18.9 Å². The van der Waals surface area contributed by atoms with Crippen molar-refractivity contribution >= 4 is 23.8 Å². The number of ether oxygens (including phenoxy) is 1. The lowest BCUT2D eigenvalue weighted by atomic mass is 9.87. The third-order valence-electron chi connectivity index (χ3n) is 4.17. The number of imide groups is 2. The summed E-state index contributed by atoms with van der Waals surface area (Å²) in [6.07, 6.45) is 0. The number of urea groups is 1. The Kier molecular flexibility index (Phi) is 6.20. The molecule has 0 radical (unpaired) electrons. The second-order valence-corrected chi connectivity index (χ2v) is 7.20. The second-order valence-electron chi connectivity index (χ2n) is 7.20. The quantitative estimate of drug-likeness (QED) is 0.440. The topological polar surface area (TPSA) is 96.0 Å². The van der Waals surface area contributed by atoms with Crippen LogP contribution in [-0.4, -0.2) is 59.8 Å². The van der Waals surface area contributed by atoms with E-state index < -0.39 is 30.3 Å². The molecule has 0 spiro atoms. The van der Waals surface area contributed by atoms with Gasteiger partial charge in [0.15, 0.2) is 0 Å². The first-order valence-corrected chi connectivity index (χ1v) is 8.82. The number of amides is 5. The highest BCUT2D eigenvalue weighted by Crippen LogP contribution is 2.24. The van der Waals surface area contributed by atoms with Crippen LogP contribution in [0, 0.1) is 0 Å². The molecule has 146 valence electrons. The van der Waals surface area contributed by atoms with Crippen LogP contribution in [0.1, 0.15) is 33.3 Å². The van der Waals surface area contributed by atoms with Crippen LogP contribution in [0.3, 0.4) is 0 Å². The van der Waals surface area contributed by atoms with Gasteiger partial charge in [-0.05, 0) is 30.0 Å². The minimum Gasteiger partial charge on any atom is -0.492 e. The van der Waals surface area contributed by atoms with E-state index >= 15 is 0 Å². The molecule has 2 rings (SSSR count). The van der Waals surface area contributed by atoms with E-state index in [1.54, 1.807) is 6.92 Å². The maximum Gasteiger partial charge on any atom is 0.334 e. The number of likely N-dealkylation sites (N-methyl/N-ethyl adjacent to an activating group) is 1. The molecule has 8 heteroatoms. The van der Waals surface area contributed by atoms with Crippen LogP contribution in [0.15, 0.2) is 24.3 Å². The van der Waals surface area contributed by atoms with Crippen LogP contribution in [0.5, 0.6) is 5.75 Å². The van der Waals surface area contributed by atoms with Crippen molar-refractivity contribution in [1.29, 1.82) is 0 Å². The third-order valence-corrected chi connectivity index (χ3v) is 4.17. The van der Waals surface area contributed by atoms with E-state index in [1.165, 1.54) is 5.56 Å². The molecule has 1 aromatic rings. The van der Waals surface area contributed by atoms with Gasteiger partial charge in [-0.25, -0.2) is 9.69 Å². The summed E-state index contributed by atoms with van der Waals surface area (Å²) >= 11 is 0. The minimum atomic E-state index is -0.979. The fraction of sp³-hybridized carbons (Fsp3) is 0.474. The molecule has 0 unspecified atom stereocenters. The van der Waals surface area contributed by atoms with Gasteiger partial charge in [-0.15, -0.1) is 0 Å². The molecule has 0 atom stereocenters. The lowest BCUT2D eigenvalue weighted by Gasteiger charge is -2.19. The zero-order valence-electron chi connectivity index (χ0n) is 16.1. The van der Waals surface area contributed by atoms with Crippen molar-refractivity contribution in [3.8, 4) is 5.75 Å². The molecule has 0 aliphatic carbocycles. The number of benzene rings is 1. The molecule has 1 aromatic carbocycles. The van der Waals surface area contributed by atoms with E-state index in [-0.39, 0.29) is 25.1 Å². The summed E-state index contributed by atoms with van der Waals surface area (Å²) in [5.74, 6) is -1.73. The molecule has 1 saturated heterocycles. The van der Waals surface area contributed by atoms with Gasteiger partial charge in [-0.1, -0.05) is 32.9 Å². The fourth-order valence-electron chi connectivity index (χ4n) is 2.58. The number of hydrogen-bond donors (Lipinski definition) is 1. The molecular formula is C19H25N3O5. The number of hydrogen-bond acceptors (Lipinski definition) is 5. The third kappa shape index (κ3) is 4.84. The molecule has 27 heavy (non-hydrogen) atoms. The molecule has 1 N–H and O–H groups in total. The summed E-state index contributed by atoms with van der Waals surface area (Å²) in [7, 11) is 0. The van der Waals surface area contributed by atoms with Gasteiger partial charge >= 0.3 is 17.8 Å². The predicted molar refractivity (Wildman–Crippen MR) is 98.1 cm³/mol. The molecule has 0 aromatic heterocycles. The number of carbonyl (C=O) groups excluding carboxylic acids is 4. The van der Waals surface area contributed by atoms with Crippen LogP contribution in [0.4, 0.5) is 4.79 Å². The van der Waals surface area contributed by atoms with Crippen LogP contribution < -0.4 is 10.1 Å². The average molecular weight is 375 g/mol. The summed E-state index contributed by atoms with van der Waals surface area (Å²) in [4.78, 5) is 48.6. The van der Waals surface area contributed by atoms with Gasteiger partial charge in [0, 0.05) is 6.54 Å². The van der Waals surface area contributed by atoms with Crippen LogP contribution in [-0.2, 0) is 19.8 Å². The molecule has 1 fully saturated rings. The van der Waals surface area contributed by atoms with E-state index in [2.05, 4.69) is 26.1 Å². The summed E-state index contributed by atoms with van der Waals surface area (Å²) < 4.78 is 5.56. The summed E-state index contributed by atoms with van der Waals surface area (Å²) in [6.45, 7) is 8.01. The Balaban J connectivity index is 1.76. The Morgan fingerprint density at radius 1 is 1.04 bits per heavy atom. The zero-order chi connectivity index (χ0) is 20.2. The fourth-order valence-corrected chi connectivity index (χ4v) is 2.58. The molecule has 1 aliphatic rings. The van der Waals surface area contributed by atoms with Crippen molar-refractivity contribution in [3.63, 3.8) is 0 Å². The maximum atomic E-state index is 11.9. The Hall–Kier alpha value is -2.90. The van der Waals surface area contributed by atoms with E-state index in [0.717, 1.165) is 4.90 Å². The Bertz CT molecular complexity index is 737. The monoisotopic (exact) mass is 375 g/mol. The largest absolute Gasteiger partial charge is 0.492 e.